The summed E-state index contributed by atoms with van der Waals surface area (Å²) in [6, 6.07) is 11.5. The van der Waals surface area contributed by atoms with Crippen LogP contribution in [0.2, 0.25) is 0 Å². The van der Waals surface area contributed by atoms with E-state index in [0.717, 1.165) is 16.3 Å². The monoisotopic (exact) mass is 340 g/mol. The van der Waals surface area contributed by atoms with E-state index in [0.29, 0.717) is 11.5 Å². The first-order valence-corrected chi connectivity index (χ1v) is 8.27. The Morgan fingerprint density at radius 1 is 1.12 bits per heavy atom. The van der Waals surface area contributed by atoms with Crippen LogP contribution in [-0.2, 0) is 4.74 Å². The molecule has 0 radical (unpaired) electrons. The first kappa shape index (κ1) is 16.1. The van der Waals surface area contributed by atoms with Crippen molar-refractivity contribution in [2.75, 3.05) is 13.2 Å². The molecule has 6 heteroatoms. The van der Waals surface area contributed by atoms with Crippen LogP contribution >= 0.6 is 11.3 Å². The molecule has 3 aromatic rings. The lowest BCUT2D eigenvalue weighted by Gasteiger charge is -2.06. The highest BCUT2D eigenvalue weighted by Crippen LogP contribution is 2.24. The molecule has 0 saturated heterocycles. The molecule has 0 amide bonds. The SMILES string of the molecule is Cc1ccc(OCCOC(=O)c2cnc(-c3cccnc3)s2)cc1. The zero-order valence-electron chi connectivity index (χ0n) is 13.1. The molecule has 0 aliphatic rings. The predicted octanol–water partition coefficient (Wildman–Crippen LogP) is 3.75. The third-order valence-corrected chi connectivity index (χ3v) is 4.25. The van der Waals surface area contributed by atoms with E-state index in [-0.39, 0.29) is 6.61 Å². The van der Waals surface area contributed by atoms with Crippen molar-refractivity contribution >= 4 is 17.3 Å². The van der Waals surface area contributed by atoms with Gasteiger partial charge in [-0.2, -0.15) is 0 Å². The van der Waals surface area contributed by atoms with Crippen LogP contribution in [0.4, 0.5) is 0 Å². The second-order valence-electron chi connectivity index (χ2n) is 5.07. The molecule has 1 aromatic carbocycles. The van der Waals surface area contributed by atoms with Gasteiger partial charge in [0, 0.05) is 18.0 Å². The quantitative estimate of drug-likeness (QED) is 0.505. The first-order chi connectivity index (χ1) is 11.7. The molecular formula is C18H16N2O3S. The topological polar surface area (TPSA) is 61.3 Å². The molecule has 0 spiro atoms. The van der Waals surface area contributed by atoms with Crippen molar-refractivity contribution in [3.8, 4) is 16.3 Å². The maximum Gasteiger partial charge on any atom is 0.350 e. The highest BCUT2D eigenvalue weighted by molar-refractivity contribution is 7.16. The molecule has 2 heterocycles. The second kappa shape index (κ2) is 7.70. The Morgan fingerprint density at radius 3 is 2.71 bits per heavy atom. The van der Waals surface area contributed by atoms with Gasteiger partial charge in [0.15, 0.2) is 0 Å². The number of hydrogen-bond acceptors (Lipinski definition) is 6. The molecule has 0 aliphatic carbocycles. The number of nitrogens with zero attached hydrogens (tertiary/aromatic N) is 2. The van der Waals surface area contributed by atoms with E-state index < -0.39 is 5.97 Å². The number of aromatic nitrogens is 2. The molecule has 0 saturated carbocycles. The van der Waals surface area contributed by atoms with Crippen LogP contribution in [0.5, 0.6) is 5.75 Å². The normalized spacial score (nSPS) is 10.4. The summed E-state index contributed by atoms with van der Waals surface area (Å²) >= 11 is 1.28. The summed E-state index contributed by atoms with van der Waals surface area (Å²) in [4.78, 5) is 20.8. The Kier molecular flexibility index (Phi) is 5.18. The number of benzene rings is 1. The van der Waals surface area contributed by atoms with E-state index in [9.17, 15) is 4.79 Å². The fourth-order valence-electron chi connectivity index (χ4n) is 1.99. The van der Waals surface area contributed by atoms with Gasteiger partial charge in [-0.05, 0) is 31.2 Å². The minimum absolute atomic E-state index is 0.187. The van der Waals surface area contributed by atoms with Crippen LogP contribution in [0.25, 0.3) is 10.6 Å². The van der Waals surface area contributed by atoms with Crippen LogP contribution in [0, 0.1) is 6.92 Å². The van der Waals surface area contributed by atoms with Gasteiger partial charge in [-0.1, -0.05) is 17.7 Å². The maximum absolute atomic E-state index is 12.0. The summed E-state index contributed by atoms with van der Waals surface area (Å²) in [6.45, 7) is 2.51. The lowest BCUT2D eigenvalue weighted by atomic mass is 10.2. The van der Waals surface area contributed by atoms with Gasteiger partial charge in [-0.15, -0.1) is 11.3 Å². The Bertz CT molecular complexity index is 801. The van der Waals surface area contributed by atoms with Crippen molar-refractivity contribution < 1.29 is 14.3 Å². The Morgan fingerprint density at radius 2 is 1.96 bits per heavy atom. The molecule has 0 unspecified atom stereocenters. The van der Waals surface area contributed by atoms with Gasteiger partial charge >= 0.3 is 5.97 Å². The lowest BCUT2D eigenvalue weighted by Crippen LogP contribution is -2.11. The van der Waals surface area contributed by atoms with Crippen LogP contribution in [0.3, 0.4) is 0 Å². The number of pyridine rings is 1. The standard InChI is InChI=1S/C18H16N2O3S/c1-13-4-6-15(7-5-13)22-9-10-23-18(21)16-12-20-17(24-16)14-3-2-8-19-11-14/h2-8,11-12H,9-10H2,1H3. The molecule has 0 N–H and O–H groups in total. The van der Waals surface area contributed by atoms with Crippen molar-refractivity contribution in [2.45, 2.75) is 6.92 Å². The van der Waals surface area contributed by atoms with Crippen molar-refractivity contribution in [3.63, 3.8) is 0 Å². The fraction of sp³-hybridized carbons (Fsp3) is 0.167. The Labute approximate surface area is 143 Å². The average molecular weight is 340 g/mol. The number of carbonyl (C=O) groups is 1. The zero-order valence-corrected chi connectivity index (χ0v) is 14.0. The molecule has 3 rings (SSSR count). The van der Waals surface area contributed by atoms with Gasteiger partial charge in [0.05, 0.1) is 6.20 Å². The number of thiazole rings is 1. The molecule has 24 heavy (non-hydrogen) atoms. The molecular weight excluding hydrogens is 324 g/mol. The Hall–Kier alpha value is -2.73. The van der Waals surface area contributed by atoms with E-state index in [1.807, 2.05) is 43.3 Å². The second-order valence-corrected chi connectivity index (χ2v) is 6.10. The van der Waals surface area contributed by atoms with Gasteiger partial charge in [0.2, 0.25) is 0 Å². The van der Waals surface area contributed by atoms with Crippen LogP contribution in [0.15, 0.2) is 55.0 Å². The van der Waals surface area contributed by atoms with Crippen LogP contribution in [0.1, 0.15) is 15.2 Å². The zero-order chi connectivity index (χ0) is 16.8. The fourth-order valence-corrected chi connectivity index (χ4v) is 2.79. The minimum atomic E-state index is -0.393. The van der Waals surface area contributed by atoms with Crippen LogP contribution < -0.4 is 4.74 Å². The Balaban J connectivity index is 1.49. The van der Waals surface area contributed by atoms with E-state index in [1.165, 1.54) is 23.1 Å². The summed E-state index contributed by atoms with van der Waals surface area (Å²) in [7, 11) is 0. The summed E-state index contributed by atoms with van der Waals surface area (Å²) in [6.07, 6.45) is 4.93. The van der Waals surface area contributed by atoms with Gasteiger partial charge in [-0.3, -0.25) is 4.98 Å². The molecule has 0 fully saturated rings. The third-order valence-electron chi connectivity index (χ3n) is 3.22. The third kappa shape index (κ3) is 4.17. The van der Waals surface area contributed by atoms with E-state index in [1.54, 1.807) is 12.4 Å². The van der Waals surface area contributed by atoms with E-state index in [2.05, 4.69) is 9.97 Å². The lowest BCUT2D eigenvalue weighted by molar-refractivity contribution is 0.0456. The highest BCUT2D eigenvalue weighted by Gasteiger charge is 2.13. The molecule has 0 aliphatic heterocycles. The average Bonchev–Trinajstić information content (AvgIpc) is 3.11. The smallest absolute Gasteiger partial charge is 0.350 e. The number of hydrogen-bond donors (Lipinski definition) is 0. The predicted molar refractivity (Wildman–Crippen MR) is 92.3 cm³/mol. The number of carbonyl (C=O) groups excluding carboxylic acids is 1. The van der Waals surface area contributed by atoms with Gasteiger partial charge in [0.1, 0.15) is 28.8 Å². The van der Waals surface area contributed by atoms with Crippen molar-refractivity contribution in [1.29, 1.82) is 0 Å². The summed E-state index contributed by atoms with van der Waals surface area (Å²) in [5.74, 6) is 0.364. The summed E-state index contributed by atoms with van der Waals surface area (Å²) in [5, 5.41) is 0.742. The number of aryl methyl sites for hydroxylation is 1. The largest absolute Gasteiger partial charge is 0.490 e. The molecule has 0 atom stereocenters. The van der Waals surface area contributed by atoms with E-state index >= 15 is 0 Å². The number of rotatable bonds is 6. The number of ether oxygens (including phenoxy) is 2. The van der Waals surface area contributed by atoms with Crippen molar-refractivity contribution in [3.05, 3.63) is 65.4 Å². The highest BCUT2D eigenvalue weighted by atomic mass is 32.1. The van der Waals surface area contributed by atoms with Gasteiger partial charge in [-0.25, -0.2) is 9.78 Å². The van der Waals surface area contributed by atoms with Crippen LogP contribution in [-0.4, -0.2) is 29.2 Å². The number of esters is 1. The molecule has 2 aromatic heterocycles. The molecule has 5 nitrogen and oxygen atoms in total. The molecule has 0 bridgehead atoms. The minimum Gasteiger partial charge on any atom is -0.490 e. The van der Waals surface area contributed by atoms with Gasteiger partial charge in [0.25, 0.3) is 0 Å². The van der Waals surface area contributed by atoms with Crippen molar-refractivity contribution in [2.24, 2.45) is 0 Å². The molecule has 122 valence electrons. The maximum atomic E-state index is 12.0. The summed E-state index contributed by atoms with van der Waals surface area (Å²) in [5.41, 5.74) is 2.05. The summed E-state index contributed by atoms with van der Waals surface area (Å²) < 4.78 is 10.7. The first-order valence-electron chi connectivity index (χ1n) is 7.45. The van der Waals surface area contributed by atoms with Gasteiger partial charge < -0.3 is 9.47 Å². The van der Waals surface area contributed by atoms with E-state index in [4.69, 9.17) is 9.47 Å². The van der Waals surface area contributed by atoms with Crippen molar-refractivity contribution in [1.82, 2.24) is 9.97 Å².